The summed E-state index contributed by atoms with van der Waals surface area (Å²) in [6.07, 6.45) is 5.79. The van der Waals surface area contributed by atoms with E-state index < -0.39 is 0 Å². The molecule has 0 spiro atoms. The molecule has 0 aliphatic heterocycles. The Balaban J connectivity index is 2.52. The number of aromatic amines is 1. The fraction of sp³-hybridized carbons (Fsp3) is 0.0909. The van der Waals surface area contributed by atoms with Crippen LogP contribution in [0.25, 0.3) is 22.3 Å². The predicted octanol–water partition coefficient (Wildman–Crippen LogP) is 3.14. The van der Waals surface area contributed by atoms with Gasteiger partial charge in [0.1, 0.15) is 0 Å². The summed E-state index contributed by atoms with van der Waals surface area (Å²) in [7, 11) is 1.77. The van der Waals surface area contributed by atoms with Crippen molar-refractivity contribution in [1.29, 1.82) is 0 Å². The maximum atomic E-state index is 3.92. The number of nitrogens with zero attached hydrogens (tertiary/aromatic N) is 1. The van der Waals surface area contributed by atoms with Crippen LogP contribution in [0.2, 0.25) is 0 Å². The molecule has 2 heteroatoms. The zero-order valence-corrected chi connectivity index (χ0v) is 7.49. The third-order valence-electron chi connectivity index (χ3n) is 2.02. The molecule has 0 saturated heterocycles. The molecule has 1 N–H and O–H groups in total. The minimum atomic E-state index is 1.17. The number of hydrogen-bond donors (Lipinski definition) is 1. The summed E-state index contributed by atoms with van der Waals surface area (Å²) in [5.74, 6) is 0. The highest BCUT2D eigenvalue weighted by Crippen LogP contribution is 2.18. The van der Waals surface area contributed by atoms with Gasteiger partial charge < -0.3 is 10.3 Å². The van der Waals surface area contributed by atoms with Gasteiger partial charge in [0.2, 0.25) is 0 Å². The van der Waals surface area contributed by atoms with E-state index in [0.717, 1.165) is 0 Å². The molecule has 13 heavy (non-hydrogen) atoms. The average molecular weight is 171 g/mol. The lowest BCUT2D eigenvalue weighted by atomic mass is 10.2. The second-order valence-corrected chi connectivity index (χ2v) is 2.86. The van der Waals surface area contributed by atoms with Crippen LogP contribution in [0.15, 0.2) is 36.7 Å². The monoisotopic (exact) mass is 171 g/mol. The van der Waals surface area contributed by atoms with Gasteiger partial charge in [-0.3, -0.25) is 0 Å². The second-order valence-electron chi connectivity index (χ2n) is 2.86. The summed E-state index contributed by atoms with van der Waals surface area (Å²) in [6, 6.07) is 8.23. The van der Waals surface area contributed by atoms with Crippen LogP contribution in [0.1, 0.15) is 5.56 Å². The number of hydrogen-bond acceptors (Lipinski definition) is 0. The third-order valence-corrected chi connectivity index (χ3v) is 2.02. The van der Waals surface area contributed by atoms with Crippen LogP contribution in [0.5, 0.6) is 0 Å². The maximum absolute atomic E-state index is 3.92. The minimum absolute atomic E-state index is 1.17. The van der Waals surface area contributed by atoms with Crippen LogP contribution >= 0.6 is 0 Å². The van der Waals surface area contributed by atoms with Crippen molar-refractivity contribution in [3.05, 3.63) is 47.5 Å². The van der Waals surface area contributed by atoms with Crippen LogP contribution in [0, 0.1) is 0 Å². The first-order valence-electron chi connectivity index (χ1n) is 4.23. The number of nitrogens with one attached hydrogen (secondary N) is 1. The van der Waals surface area contributed by atoms with Gasteiger partial charge in [0.25, 0.3) is 0 Å². The van der Waals surface area contributed by atoms with Crippen LogP contribution in [-0.2, 0) is 0 Å². The molecular formula is C11H11N2-. The molecular weight excluding hydrogens is 160 g/mol. The smallest absolute Gasteiger partial charge is 0.0460 e. The summed E-state index contributed by atoms with van der Waals surface area (Å²) in [5, 5.41) is 5.16. The average Bonchev–Trinajstić information content (AvgIpc) is 2.58. The molecule has 1 heterocycles. The molecule has 0 atom stereocenters. The molecule has 1 aromatic heterocycles. The SMILES string of the molecule is C[N-]C=Cc1c[nH]c2ccccc12. The molecule has 66 valence electrons. The molecule has 0 aliphatic carbocycles. The van der Waals surface area contributed by atoms with Crippen LogP contribution in [-0.4, -0.2) is 12.0 Å². The Morgan fingerprint density at radius 1 is 1.31 bits per heavy atom. The minimum Gasteiger partial charge on any atom is -0.693 e. The fourth-order valence-electron chi connectivity index (χ4n) is 1.39. The molecule has 2 aromatic rings. The Morgan fingerprint density at radius 3 is 3.00 bits per heavy atom. The summed E-state index contributed by atoms with van der Waals surface area (Å²) >= 11 is 0. The zero-order chi connectivity index (χ0) is 9.10. The number of para-hydroxylation sites is 1. The largest absolute Gasteiger partial charge is 0.693 e. The fourth-order valence-corrected chi connectivity index (χ4v) is 1.39. The Labute approximate surface area is 77.3 Å². The number of rotatable bonds is 2. The van der Waals surface area contributed by atoms with Crippen molar-refractivity contribution in [3.63, 3.8) is 0 Å². The van der Waals surface area contributed by atoms with E-state index in [-0.39, 0.29) is 0 Å². The summed E-state index contributed by atoms with van der Waals surface area (Å²) in [6.45, 7) is 0. The first kappa shape index (κ1) is 7.92. The lowest BCUT2D eigenvalue weighted by Gasteiger charge is -2.00. The molecule has 0 amide bonds. The van der Waals surface area contributed by atoms with E-state index in [1.54, 1.807) is 13.2 Å². The van der Waals surface area contributed by atoms with Crippen molar-refractivity contribution in [2.24, 2.45) is 0 Å². The van der Waals surface area contributed by atoms with E-state index in [0.29, 0.717) is 0 Å². The van der Waals surface area contributed by atoms with Gasteiger partial charge in [-0.05, 0) is 11.6 Å². The molecule has 2 nitrogen and oxygen atoms in total. The van der Waals surface area contributed by atoms with E-state index in [2.05, 4.69) is 22.4 Å². The quantitative estimate of drug-likeness (QED) is 0.719. The van der Waals surface area contributed by atoms with Gasteiger partial charge in [-0.1, -0.05) is 24.3 Å². The standard InChI is InChI=1S/C11H11N2/c1-12-7-6-9-8-13-11-5-3-2-4-10(9)11/h2-8,13H,1H3/q-1. The van der Waals surface area contributed by atoms with Gasteiger partial charge in [0, 0.05) is 17.1 Å². The molecule has 0 unspecified atom stereocenters. The Bertz CT molecular complexity index is 426. The zero-order valence-electron chi connectivity index (χ0n) is 7.49. The topological polar surface area (TPSA) is 29.9 Å². The van der Waals surface area contributed by atoms with Gasteiger partial charge in [-0.2, -0.15) is 6.20 Å². The van der Waals surface area contributed by atoms with Crippen molar-refractivity contribution in [2.45, 2.75) is 0 Å². The van der Waals surface area contributed by atoms with Crippen molar-refractivity contribution >= 4 is 17.0 Å². The van der Waals surface area contributed by atoms with E-state index >= 15 is 0 Å². The van der Waals surface area contributed by atoms with Crippen LogP contribution in [0.3, 0.4) is 0 Å². The number of fused-ring (bicyclic) bond motifs is 1. The lowest BCUT2D eigenvalue weighted by Crippen LogP contribution is -1.67. The molecule has 1 aromatic carbocycles. The van der Waals surface area contributed by atoms with E-state index in [1.165, 1.54) is 16.5 Å². The normalized spacial score (nSPS) is 11.2. The van der Waals surface area contributed by atoms with Gasteiger partial charge >= 0.3 is 0 Å². The van der Waals surface area contributed by atoms with Gasteiger partial charge in [0.15, 0.2) is 0 Å². The van der Waals surface area contributed by atoms with E-state index in [9.17, 15) is 0 Å². The number of benzene rings is 1. The molecule has 0 saturated carbocycles. The Morgan fingerprint density at radius 2 is 2.15 bits per heavy atom. The molecule has 0 bridgehead atoms. The summed E-state index contributed by atoms with van der Waals surface area (Å²) in [4.78, 5) is 3.20. The Hall–Kier alpha value is -1.70. The second kappa shape index (κ2) is 3.35. The lowest BCUT2D eigenvalue weighted by molar-refractivity contribution is 1.47. The first-order chi connectivity index (χ1) is 6.42. The summed E-state index contributed by atoms with van der Waals surface area (Å²) < 4.78 is 0. The highest BCUT2D eigenvalue weighted by Gasteiger charge is 1.96. The van der Waals surface area contributed by atoms with Gasteiger partial charge in [0.05, 0.1) is 0 Å². The predicted molar refractivity (Wildman–Crippen MR) is 56.6 cm³/mol. The number of aromatic nitrogens is 1. The molecule has 0 fully saturated rings. The summed E-state index contributed by atoms with van der Waals surface area (Å²) in [5.41, 5.74) is 2.35. The Kier molecular flexibility index (Phi) is 2.04. The first-order valence-corrected chi connectivity index (χ1v) is 4.23. The van der Waals surface area contributed by atoms with E-state index in [1.807, 2.05) is 24.4 Å². The van der Waals surface area contributed by atoms with Gasteiger partial charge in [-0.25, -0.2) is 0 Å². The van der Waals surface area contributed by atoms with Crippen molar-refractivity contribution in [1.82, 2.24) is 4.98 Å². The van der Waals surface area contributed by atoms with Crippen LogP contribution in [0.4, 0.5) is 0 Å². The van der Waals surface area contributed by atoms with E-state index in [4.69, 9.17) is 0 Å². The highest BCUT2D eigenvalue weighted by molar-refractivity contribution is 5.88. The van der Waals surface area contributed by atoms with Crippen molar-refractivity contribution in [3.8, 4) is 0 Å². The molecule has 0 radical (unpaired) electrons. The molecule has 0 aliphatic rings. The van der Waals surface area contributed by atoms with Crippen molar-refractivity contribution < 1.29 is 0 Å². The van der Waals surface area contributed by atoms with Crippen molar-refractivity contribution in [2.75, 3.05) is 7.05 Å². The van der Waals surface area contributed by atoms with Gasteiger partial charge in [-0.15, -0.1) is 7.05 Å². The highest BCUT2D eigenvalue weighted by atomic mass is 14.8. The number of H-pyrrole nitrogens is 1. The van der Waals surface area contributed by atoms with Crippen LogP contribution < -0.4 is 0 Å². The third kappa shape index (κ3) is 1.43. The maximum Gasteiger partial charge on any atom is 0.0460 e. The molecule has 2 rings (SSSR count).